The molecule has 0 bridgehead atoms. The lowest BCUT2D eigenvalue weighted by Gasteiger charge is -2.30. The highest BCUT2D eigenvalue weighted by Gasteiger charge is 2.25. The Morgan fingerprint density at radius 3 is 2.32 bits per heavy atom. The third kappa shape index (κ3) is 7.82. The van der Waals surface area contributed by atoms with Gasteiger partial charge in [0.1, 0.15) is 5.60 Å². The second-order valence-electron chi connectivity index (χ2n) is 7.07. The molecular formula is C19H34N4O2. The van der Waals surface area contributed by atoms with Crippen LogP contribution in [0.5, 0.6) is 0 Å². The summed E-state index contributed by atoms with van der Waals surface area (Å²) in [6, 6.07) is 3.68. The summed E-state index contributed by atoms with van der Waals surface area (Å²) in [6.45, 7) is 15.1. The lowest BCUT2D eigenvalue weighted by Crippen LogP contribution is -2.43. The van der Waals surface area contributed by atoms with Gasteiger partial charge in [-0.25, -0.2) is 4.79 Å². The molecule has 1 aromatic heterocycles. The van der Waals surface area contributed by atoms with Gasteiger partial charge in [-0.2, -0.15) is 5.10 Å². The first-order valence-electron chi connectivity index (χ1n) is 9.38. The lowest BCUT2D eigenvalue weighted by atomic mass is 10.1. The van der Waals surface area contributed by atoms with E-state index in [1.807, 2.05) is 53.7 Å². The van der Waals surface area contributed by atoms with Gasteiger partial charge in [0.25, 0.3) is 0 Å². The number of piperidine rings is 1. The van der Waals surface area contributed by atoms with Crippen molar-refractivity contribution in [3.63, 3.8) is 0 Å². The highest BCUT2D eigenvalue weighted by atomic mass is 16.6. The quantitative estimate of drug-likeness (QED) is 0.820. The van der Waals surface area contributed by atoms with E-state index in [2.05, 4.69) is 15.1 Å². The number of ether oxygens (including phenoxy) is 1. The van der Waals surface area contributed by atoms with Gasteiger partial charge in [0.15, 0.2) is 5.82 Å². The fourth-order valence-electron chi connectivity index (χ4n) is 2.58. The Labute approximate surface area is 152 Å². The fourth-order valence-corrected chi connectivity index (χ4v) is 2.58. The van der Waals surface area contributed by atoms with E-state index in [9.17, 15) is 4.79 Å². The molecule has 1 aromatic rings. The molecule has 1 saturated heterocycles. The summed E-state index contributed by atoms with van der Waals surface area (Å²) in [7, 11) is 0. The van der Waals surface area contributed by atoms with Crippen LogP contribution in [0, 0.1) is 6.92 Å². The zero-order valence-corrected chi connectivity index (χ0v) is 16.7. The minimum Gasteiger partial charge on any atom is -0.443 e. The van der Waals surface area contributed by atoms with Gasteiger partial charge in [0.2, 0.25) is 0 Å². The molecule has 1 fully saturated rings. The molecule has 0 saturated carbocycles. The fraction of sp³-hybridized carbons (Fsp3) is 0.737. The van der Waals surface area contributed by atoms with Gasteiger partial charge < -0.3 is 9.64 Å². The van der Waals surface area contributed by atoms with E-state index in [4.69, 9.17) is 4.74 Å². The zero-order valence-electron chi connectivity index (χ0n) is 16.7. The van der Waals surface area contributed by atoms with E-state index in [1.54, 1.807) is 4.90 Å². The van der Waals surface area contributed by atoms with Crippen LogP contribution >= 0.6 is 0 Å². The van der Waals surface area contributed by atoms with Crippen LogP contribution in [0.25, 0.3) is 0 Å². The van der Waals surface area contributed by atoms with E-state index in [1.165, 1.54) is 19.3 Å². The summed E-state index contributed by atoms with van der Waals surface area (Å²) in [5.74, 6) is 0.543. The van der Waals surface area contributed by atoms with Gasteiger partial charge in [0, 0.05) is 13.1 Å². The molecule has 1 aliphatic rings. The SMILES string of the molecule is CC.Cc1ccc(N(CCN2CCCCC2)C(=O)OC(C)(C)C)nn1. The second kappa shape index (κ2) is 10.3. The van der Waals surface area contributed by atoms with Crippen molar-refractivity contribution < 1.29 is 9.53 Å². The first-order chi connectivity index (χ1) is 11.8. The molecule has 142 valence electrons. The number of aryl methyl sites for hydroxylation is 1. The summed E-state index contributed by atoms with van der Waals surface area (Å²) >= 11 is 0. The van der Waals surface area contributed by atoms with Crippen LogP contribution in [0.4, 0.5) is 10.6 Å². The van der Waals surface area contributed by atoms with Crippen LogP contribution < -0.4 is 4.90 Å². The van der Waals surface area contributed by atoms with Crippen molar-refractivity contribution in [2.24, 2.45) is 0 Å². The van der Waals surface area contributed by atoms with E-state index >= 15 is 0 Å². The number of likely N-dealkylation sites (tertiary alicyclic amines) is 1. The number of hydrogen-bond acceptors (Lipinski definition) is 5. The number of aromatic nitrogens is 2. The maximum Gasteiger partial charge on any atom is 0.416 e. The molecule has 2 heterocycles. The van der Waals surface area contributed by atoms with Crippen molar-refractivity contribution in [2.75, 3.05) is 31.1 Å². The Hall–Kier alpha value is -1.69. The molecule has 0 aliphatic carbocycles. The van der Waals surface area contributed by atoms with Crippen molar-refractivity contribution >= 4 is 11.9 Å². The topological polar surface area (TPSA) is 58.6 Å². The molecular weight excluding hydrogens is 316 g/mol. The van der Waals surface area contributed by atoms with Crippen LogP contribution in [-0.2, 0) is 4.74 Å². The van der Waals surface area contributed by atoms with Crippen LogP contribution in [-0.4, -0.2) is 53.0 Å². The first kappa shape index (κ1) is 21.4. The monoisotopic (exact) mass is 350 g/mol. The number of amides is 1. The standard InChI is InChI=1S/C17H28N4O2.C2H6/c1-14-8-9-15(19-18-14)21(16(22)23-17(2,3)4)13-12-20-10-6-5-7-11-20;1-2/h8-9H,5-7,10-13H2,1-4H3;1-2H3. The Morgan fingerprint density at radius 2 is 1.80 bits per heavy atom. The van der Waals surface area contributed by atoms with Crippen molar-refractivity contribution in [3.8, 4) is 0 Å². The third-order valence-corrected chi connectivity index (χ3v) is 3.76. The summed E-state index contributed by atoms with van der Waals surface area (Å²) in [6.07, 6.45) is 3.40. The van der Waals surface area contributed by atoms with Gasteiger partial charge in [-0.3, -0.25) is 4.90 Å². The van der Waals surface area contributed by atoms with E-state index in [0.29, 0.717) is 12.4 Å². The van der Waals surface area contributed by atoms with Crippen LogP contribution in [0.1, 0.15) is 59.6 Å². The van der Waals surface area contributed by atoms with Gasteiger partial charge in [-0.05, 0) is 65.8 Å². The number of anilines is 1. The van der Waals surface area contributed by atoms with Crippen molar-refractivity contribution in [1.29, 1.82) is 0 Å². The molecule has 0 radical (unpaired) electrons. The Kier molecular flexibility index (Phi) is 8.83. The molecule has 1 aliphatic heterocycles. The predicted octanol–water partition coefficient (Wildman–Crippen LogP) is 4.04. The number of rotatable bonds is 4. The largest absolute Gasteiger partial charge is 0.443 e. The molecule has 25 heavy (non-hydrogen) atoms. The van der Waals surface area contributed by atoms with E-state index in [0.717, 1.165) is 25.3 Å². The maximum absolute atomic E-state index is 12.5. The Morgan fingerprint density at radius 1 is 1.16 bits per heavy atom. The highest BCUT2D eigenvalue weighted by Crippen LogP contribution is 2.16. The minimum absolute atomic E-state index is 0.368. The summed E-state index contributed by atoms with van der Waals surface area (Å²) in [4.78, 5) is 16.5. The summed E-state index contributed by atoms with van der Waals surface area (Å²) in [5, 5.41) is 8.21. The molecule has 1 amide bonds. The average Bonchev–Trinajstić information content (AvgIpc) is 2.58. The second-order valence-corrected chi connectivity index (χ2v) is 7.07. The molecule has 2 rings (SSSR count). The van der Waals surface area contributed by atoms with Gasteiger partial charge >= 0.3 is 6.09 Å². The number of carbonyl (C=O) groups excluding carboxylic acids is 1. The number of hydrogen-bond donors (Lipinski definition) is 0. The summed E-state index contributed by atoms with van der Waals surface area (Å²) in [5.41, 5.74) is 0.299. The number of carbonyl (C=O) groups is 1. The normalized spacial score (nSPS) is 15.1. The summed E-state index contributed by atoms with van der Waals surface area (Å²) < 4.78 is 5.53. The van der Waals surface area contributed by atoms with Crippen LogP contribution in [0.15, 0.2) is 12.1 Å². The molecule has 6 heteroatoms. The predicted molar refractivity (Wildman–Crippen MR) is 102 cm³/mol. The smallest absolute Gasteiger partial charge is 0.416 e. The van der Waals surface area contributed by atoms with Crippen LogP contribution in [0.3, 0.4) is 0 Å². The van der Waals surface area contributed by atoms with Gasteiger partial charge in [-0.1, -0.05) is 20.3 Å². The third-order valence-electron chi connectivity index (χ3n) is 3.76. The van der Waals surface area contributed by atoms with Crippen molar-refractivity contribution in [3.05, 3.63) is 17.8 Å². The van der Waals surface area contributed by atoms with Crippen molar-refractivity contribution in [2.45, 2.75) is 66.4 Å². The maximum atomic E-state index is 12.5. The zero-order chi connectivity index (χ0) is 18.9. The minimum atomic E-state index is -0.529. The van der Waals surface area contributed by atoms with Crippen molar-refractivity contribution in [1.82, 2.24) is 15.1 Å². The molecule has 6 nitrogen and oxygen atoms in total. The van der Waals surface area contributed by atoms with Crippen LogP contribution in [0.2, 0.25) is 0 Å². The molecule has 0 atom stereocenters. The highest BCUT2D eigenvalue weighted by molar-refractivity contribution is 5.86. The Balaban J connectivity index is 0.00000151. The molecule has 0 spiro atoms. The van der Waals surface area contributed by atoms with Gasteiger partial charge in [-0.15, -0.1) is 5.10 Å². The Bertz CT molecular complexity index is 505. The van der Waals surface area contributed by atoms with E-state index in [-0.39, 0.29) is 6.09 Å². The molecule has 0 unspecified atom stereocenters. The first-order valence-corrected chi connectivity index (χ1v) is 9.38. The molecule has 0 aromatic carbocycles. The van der Waals surface area contributed by atoms with Gasteiger partial charge in [0.05, 0.1) is 5.69 Å². The van der Waals surface area contributed by atoms with E-state index < -0.39 is 5.60 Å². The number of nitrogens with zero attached hydrogens (tertiary/aromatic N) is 4. The lowest BCUT2D eigenvalue weighted by molar-refractivity contribution is 0.0574. The average molecular weight is 351 g/mol. The molecule has 0 N–H and O–H groups in total.